The second kappa shape index (κ2) is 9.52. The van der Waals surface area contributed by atoms with Crippen molar-refractivity contribution in [3.05, 3.63) is 59.2 Å². The van der Waals surface area contributed by atoms with E-state index in [0.717, 1.165) is 38.2 Å². The third-order valence-corrected chi connectivity index (χ3v) is 6.41. The van der Waals surface area contributed by atoms with Gasteiger partial charge in [-0.1, -0.05) is 30.3 Å². The lowest BCUT2D eigenvalue weighted by Crippen LogP contribution is -2.54. The third kappa shape index (κ3) is 5.36. The number of piperazine rings is 1. The summed E-state index contributed by atoms with van der Waals surface area (Å²) in [6.07, 6.45) is -2.91. The highest BCUT2D eigenvalue weighted by molar-refractivity contribution is 5.95. The standard InChI is InChI=1S/C22H25N3O.C2HF3O2/c26-22(23-14-19-15-24-8-3-9-25(19)11-10-24)17-6-7-21-18(13-17)12-16-4-1-2-5-20(16)21;3-2(4,5)1(6)7/h1-2,4-7,13,19H,3,8-12,14-15H2,(H,23,26);(H,6,7). The van der Waals surface area contributed by atoms with E-state index in [1.54, 1.807) is 0 Å². The van der Waals surface area contributed by atoms with Gasteiger partial charge in [0.25, 0.3) is 5.91 Å². The number of benzene rings is 2. The normalized spacial score (nSPS) is 22.9. The number of aliphatic carboxylic acids is 1. The molecule has 1 amide bonds. The fourth-order valence-electron chi connectivity index (χ4n) is 4.74. The molecule has 2 aromatic carbocycles. The van der Waals surface area contributed by atoms with Crippen LogP contribution in [0.15, 0.2) is 42.5 Å². The zero-order valence-corrected chi connectivity index (χ0v) is 18.1. The number of alkyl halides is 3. The first-order valence-corrected chi connectivity index (χ1v) is 11.0. The third-order valence-electron chi connectivity index (χ3n) is 6.41. The largest absolute Gasteiger partial charge is 0.490 e. The van der Waals surface area contributed by atoms with Gasteiger partial charge in [0.1, 0.15) is 0 Å². The number of amides is 1. The Morgan fingerprint density at radius 1 is 1.00 bits per heavy atom. The molecule has 3 atom stereocenters. The molecule has 2 aromatic rings. The zero-order chi connectivity index (χ0) is 23.6. The average Bonchev–Trinajstić information content (AvgIpc) is 2.90. The summed E-state index contributed by atoms with van der Waals surface area (Å²) < 4.78 is 31.7. The number of hydrogen-bond acceptors (Lipinski definition) is 4. The van der Waals surface area contributed by atoms with Crippen LogP contribution in [0.1, 0.15) is 27.9 Å². The highest BCUT2D eigenvalue weighted by Gasteiger charge is 2.38. The predicted molar refractivity (Wildman–Crippen MR) is 117 cm³/mol. The molecule has 4 aliphatic rings. The van der Waals surface area contributed by atoms with E-state index >= 15 is 0 Å². The lowest BCUT2D eigenvalue weighted by atomic mass is 10.0. The van der Waals surface area contributed by atoms with Crippen LogP contribution in [0.25, 0.3) is 11.1 Å². The maximum absolute atomic E-state index is 12.7. The van der Waals surface area contributed by atoms with Gasteiger partial charge in [-0.2, -0.15) is 13.2 Å². The highest BCUT2D eigenvalue weighted by atomic mass is 19.4. The molecule has 0 radical (unpaired) electrons. The van der Waals surface area contributed by atoms with Gasteiger partial charge in [0, 0.05) is 37.8 Å². The molecule has 9 heteroatoms. The van der Waals surface area contributed by atoms with Gasteiger partial charge < -0.3 is 15.3 Å². The van der Waals surface area contributed by atoms with E-state index in [2.05, 4.69) is 51.5 Å². The molecule has 2 bridgehead atoms. The maximum Gasteiger partial charge on any atom is 0.490 e. The molecule has 2 N–H and O–H groups in total. The molecule has 3 fully saturated rings. The first kappa shape index (κ1) is 23.3. The van der Waals surface area contributed by atoms with Crippen molar-refractivity contribution in [2.24, 2.45) is 0 Å². The summed E-state index contributed by atoms with van der Waals surface area (Å²) in [6, 6.07) is 15.1. The summed E-state index contributed by atoms with van der Waals surface area (Å²) in [4.78, 5) is 26.7. The molecule has 6 nitrogen and oxygen atoms in total. The van der Waals surface area contributed by atoms with Crippen LogP contribution in [0.4, 0.5) is 13.2 Å². The van der Waals surface area contributed by atoms with Gasteiger partial charge in [0.05, 0.1) is 0 Å². The maximum atomic E-state index is 12.7. The van der Waals surface area contributed by atoms with Crippen LogP contribution in [0.5, 0.6) is 0 Å². The first-order valence-electron chi connectivity index (χ1n) is 11.0. The van der Waals surface area contributed by atoms with E-state index in [1.807, 2.05) is 6.07 Å². The fraction of sp³-hybridized carbons (Fsp3) is 0.417. The van der Waals surface area contributed by atoms with Crippen LogP contribution in [-0.4, -0.2) is 78.3 Å². The lowest BCUT2D eigenvalue weighted by Gasteiger charge is -2.37. The van der Waals surface area contributed by atoms with E-state index in [-0.39, 0.29) is 5.91 Å². The summed E-state index contributed by atoms with van der Waals surface area (Å²) in [7, 11) is 0. The van der Waals surface area contributed by atoms with Crippen LogP contribution in [0, 0.1) is 0 Å². The Balaban J connectivity index is 0.000000325. The molecule has 0 aromatic heterocycles. The number of nitrogens with zero attached hydrogens (tertiary/aromatic N) is 2. The van der Waals surface area contributed by atoms with Crippen molar-refractivity contribution in [3.8, 4) is 11.1 Å². The summed E-state index contributed by atoms with van der Waals surface area (Å²) in [6.45, 7) is 6.50. The van der Waals surface area contributed by atoms with E-state index in [9.17, 15) is 18.0 Å². The van der Waals surface area contributed by atoms with Crippen molar-refractivity contribution < 1.29 is 27.9 Å². The van der Waals surface area contributed by atoms with Crippen molar-refractivity contribution in [3.63, 3.8) is 0 Å². The zero-order valence-electron chi connectivity index (χ0n) is 18.1. The number of nitrogens with one attached hydrogen (secondary N) is 1. The van der Waals surface area contributed by atoms with Gasteiger partial charge in [0.2, 0.25) is 0 Å². The smallest absolute Gasteiger partial charge is 0.475 e. The Kier molecular flexibility index (Phi) is 6.71. The van der Waals surface area contributed by atoms with Crippen LogP contribution >= 0.6 is 0 Å². The summed E-state index contributed by atoms with van der Waals surface area (Å²) in [5, 5.41) is 10.3. The molecular weight excluding hydrogens is 435 g/mol. The van der Waals surface area contributed by atoms with Crippen LogP contribution in [-0.2, 0) is 11.2 Å². The minimum Gasteiger partial charge on any atom is -0.475 e. The quantitative estimate of drug-likeness (QED) is 0.628. The van der Waals surface area contributed by atoms with Crippen molar-refractivity contribution in [2.75, 3.05) is 39.3 Å². The molecular formula is C24H26F3N3O3. The number of halogens is 3. The van der Waals surface area contributed by atoms with Crippen LogP contribution in [0.3, 0.4) is 0 Å². The molecule has 3 saturated heterocycles. The van der Waals surface area contributed by atoms with Crippen molar-refractivity contribution in [1.82, 2.24) is 15.1 Å². The summed E-state index contributed by atoms with van der Waals surface area (Å²) in [5.74, 6) is -2.70. The Morgan fingerprint density at radius 3 is 2.48 bits per heavy atom. The number of carboxylic acids is 1. The second-order valence-corrected chi connectivity index (χ2v) is 8.56. The second-order valence-electron chi connectivity index (χ2n) is 8.56. The van der Waals surface area contributed by atoms with Gasteiger partial charge in [-0.25, -0.2) is 4.79 Å². The molecule has 3 heterocycles. The summed E-state index contributed by atoms with van der Waals surface area (Å²) in [5.41, 5.74) is 5.99. The van der Waals surface area contributed by atoms with Gasteiger partial charge in [-0.05, 0) is 60.3 Å². The SMILES string of the molecule is O=C(NCC1CN2CCCN1CC2)c1ccc2c(c1)Cc1ccccc1-2.O=C(O)C(F)(F)F. The molecule has 0 saturated carbocycles. The molecule has 0 spiro atoms. The number of rotatable bonds is 3. The fourth-order valence-corrected chi connectivity index (χ4v) is 4.74. The topological polar surface area (TPSA) is 72.9 Å². The number of carboxylic acid groups (broad SMARTS) is 1. The van der Waals surface area contributed by atoms with E-state index < -0.39 is 12.1 Å². The number of fused-ring (bicyclic) bond motifs is 7. The van der Waals surface area contributed by atoms with Crippen molar-refractivity contribution in [1.29, 1.82) is 0 Å². The molecule has 3 aliphatic heterocycles. The van der Waals surface area contributed by atoms with Crippen molar-refractivity contribution >= 4 is 11.9 Å². The number of carbonyl (C=O) groups excluding carboxylic acids is 1. The average molecular weight is 461 g/mol. The monoisotopic (exact) mass is 461 g/mol. The van der Waals surface area contributed by atoms with Crippen LogP contribution < -0.4 is 5.32 Å². The van der Waals surface area contributed by atoms with Crippen LogP contribution in [0.2, 0.25) is 0 Å². The molecule has 3 unspecified atom stereocenters. The Bertz CT molecular complexity index is 1040. The Labute approximate surface area is 190 Å². The van der Waals surface area contributed by atoms with E-state index in [4.69, 9.17) is 9.90 Å². The lowest BCUT2D eigenvalue weighted by molar-refractivity contribution is -0.192. The number of carbonyl (C=O) groups is 2. The van der Waals surface area contributed by atoms with E-state index in [0.29, 0.717) is 6.04 Å². The highest BCUT2D eigenvalue weighted by Crippen LogP contribution is 2.36. The predicted octanol–water partition coefficient (Wildman–Crippen LogP) is 3.01. The van der Waals surface area contributed by atoms with Crippen molar-refractivity contribution in [2.45, 2.75) is 25.1 Å². The molecule has 33 heavy (non-hydrogen) atoms. The number of hydrogen-bond donors (Lipinski definition) is 2. The minimum absolute atomic E-state index is 0.0556. The van der Waals surface area contributed by atoms with Gasteiger partial charge in [-0.15, -0.1) is 0 Å². The minimum atomic E-state index is -5.08. The van der Waals surface area contributed by atoms with Gasteiger partial charge in [-0.3, -0.25) is 9.69 Å². The Hall–Kier alpha value is -2.91. The molecule has 176 valence electrons. The molecule has 6 rings (SSSR count). The molecule has 1 aliphatic carbocycles. The van der Waals surface area contributed by atoms with Gasteiger partial charge in [0.15, 0.2) is 0 Å². The Morgan fingerprint density at radius 2 is 1.73 bits per heavy atom. The van der Waals surface area contributed by atoms with E-state index in [1.165, 1.54) is 41.8 Å². The summed E-state index contributed by atoms with van der Waals surface area (Å²) >= 11 is 0. The van der Waals surface area contributed by atoms with Gasteiger partial charge >= 0.3 is 12.1 Å². The first-order chi connectivity index (χ1) is 15.7.